The van der Waals surface area contributed by atoms with Crippen LogP contribution in [-0.2, 0) is 0 Å². The molecular formula is C5H6N2OS. The molecule has 4 heteroatoms. The highest BCUT2D eigenvalue weighted by molar-refractivity contribution is 7.17. The van der Waals surface area contributed by atoms with E-state index in [0.717, 1.165) is 0 Å². The first kappa shape index (κ1) is 6.22. The minimum absolute atomic E-state index is 0.0308. The number of anilines is 1. The average molecular weight is 142 g/mol. The Kier molecular flexibility index (Phi) is 1.48. The van der Waals surface area contributed by atoms with Gasteiger partial charge in [-0.1, -0.05) is 11.3 Å². The van der Waals surface area contributed by atoms with Crippen LogP contribution in [0, 0.1) is 0 Å². The number of ketones is 1. The summed E-state index contributed by atoms with van der Waals surface area (Å²) in [5.41, 5.74) is 5.32. The number of carbonyl (C=O) groups excluding carboxylic acids is 1. The van der Waals surface area contributed by atoms with Crippen LogP contribution in [0.5, 0.6) is 0 Å². The summed E-state index contributed by atoms with van der Waals surface area (Å²) in [4.78, 5) is 14.3. The third-order valence-electron chi connectivity index (χ3n) is 0.825. The van der Waals surface area contributed by atoms with Crippen molar-refractivity contribution in [3.05, 3.63) is 11.2 Å². The minimum Gasteiger partial charge on any atom is -0.389 e. The summed E-state index contributed by atoms with van der Waals surface area (Å²) >= 11 is 1.21. The topological polar surface area (TPSA) is 56.0 Å². The number of carbonyl (C=O) groups is 1. The molecule has 9 heavy (non-hydrogen) atoms. The van der Waals surface area contributed by atoms with Gasteiger partial charge >= 0.3 is 0 Å². The van der Waals surface area contributed by atoms with Crippen molar-refractivity contribution >= 4 is 22.1 Å². The number of rotatable bonds is 1. The van der Waals surface area contributed by atoms with Crippen LogP contribution in [0.4, 0.5) is 5.00 Å². The van der Waals surface area contributed by atoms with E-state index < -0.39 is 0 Å². The molecule has 1 rings (SSSR count). The molecule has 0 saturated carbocycles. The van der Waals surface area contributed by atoms with Crippen molar-refractivity contribution in [2.75, 3.05) is 5.73 Å². The number of nitrogens with zero attached hydrogens (tertiary/aromatic N) is 1. The van der Waals surface area contributed by atoms with E-state index in [1.165, 1.54) is 24.5 Å². The van der Waals surface area contributed by atoms with Crippen LogP contribution in [0.2, 0.25) is 0 Å². The van der Waals surface area contributed by atoms with Gasteiger partial charge in [0.25, 0.3) is 0 Å². The summed E-state index contributed by atoms with van der Waals surface area (Å²) in [7, 11) is 0. The highest BCUT2D eigenvalue weighted by Gasteiger charge is 2.01. The fourth-order valence-corrected chi connectivity index (χ4v) is 1.03. The number of thiazole rings is 1. The molecule has 48 valence electrons. The fourth-order valence-electron chi connectivity index (χ4n) is 0.449. The zero-order valence-corrected chi connectivity index (χ0v) is 5.73. The molecule has 0 fully saturated rings. The quantitative estimate of drug-likeness (QED) is 0.593. The van der Waals surface area contributed by atoms with Gasteiger partial charge in [0.1, 0.15) is 5.00 Å². The van der Waals surface area contributed by atoms with Crippen LogP contribution in [0.3, 0.4) is 0 Å². The van der Waals surface area contributed by atoms with Gasteiger partial charge in [-0.05, 0) is 0 Å². The monoisotopic (exact) mass is 142 g/mol. The molecule has 3 nitrogen and oxygen atoms in total. The number of nitrogens with two attached hydrogens (primary N) is 1. The lowest BCUT2D eigenvalue weighted by Gasteiger charge is -1.79. The van der Waals surface area contributed by atoms with Crippen LogP contribution in [0.1, 0.15) is 16.7 Å². The Bertz CT molecular complexity index is 231. The maximum atomic E-state index is 10.6. The second kappa shape index (κ2) is 2.14. The largest absolute Gasteiger partial charge is 0.389 e. The predicted molar refractivity (Wildman–Crippen MR) is 36.5 cm³/mol. The van der Waals surface area contributed by atoms with Gasteiger partial charge in [-0.25, -0.2) is 4.98 Å². The van der Waals surface area contributed by atoms with E-state index in [9.17, 15) is 4.79 Å². The number of Topliss-reactive ketones (excluding diaryl/α,β-unsaturated/α-hetero) is 1. The number of nitrogen functional groups attached to an aromatic ring is 1. The van der Waals surface area contributed by atoms with Crippen LogP contribution in [0.25, 0.3) is 0 Å². The molecule has 1 aromatic heterocycles. The van der Waals surface area contributed by atoms with Crippen molar-refractivity contribution in [2.24, 2.45) is 0 Å². The Morgan fingerprint density at radius 1 is 1.89 bits per heavy atom. The van der Waals surface area contributed by atoms with E-state index in [-0.39, 0.29) is 5.78 Å². The van der Waals surface area contributed by atoms with Gasteiger partial charge in [-0.3, -0.25) is 4.79 Å². The van der Waals surface area contributed by atoms with E-state index in [2.05, 4.69) is 4.98 Å². The molecule has 1 aromatic rings. The van der Waals surface area contributed by atoms with Crippen molar-refractivity contribution in [3.63, 3.8) is 0 Å². The Labute approximate surface area is 56.5 Å². The molecule has 0 radical (unpaired) electrons. The highest BCUT2D eigenvalue weighted by atomic mass is 32.1. The van der Waals surface area contributed by atoms with E-state index in [1.807, 2.05) is 0 Å². The van der Waals surface area contributed by atoms with Crippen LogP contribution >= 0.6 is 11.3 Å². The van der Waals surface area contributed by atoms with Gasteiger partial charge < -0.3 is 5.73 Å². The Morgan fingerprint density at radius 2 is 2.56 bits per heavy atom. The van der Waals surface area contributed by atoms with Crippen LogP contribution < -0.4 is 5.73 Å². The van der Waals surface area contributed by atoms with Crippen molar-refractivity contribution in [2.45, 2.75) is 6.92 Å². The van der Waals surface area contributed by atoms with Crippen molar-refractivity contribution in [1.82, 2.24) is 4.98 Å². The minimum atomic E-state index is -0.0308. The summed E-state index contributed by atoms with van der Waals surface area (Å²) in [6.07, 6.45) is 1.49. The second-order valence-electron chi connectivity index (χ2n) is 1.62. The molecule has 2 N–H and O–H groups in total. The van der Waals surface area contributed by atoms with Crippen molar-refractivity contribution in [3.8, 4) is 0 Å². The maximum Gasteiger partial charge on any atom is 0.188 e. The lowest BCUT2D eigenvalue weighted by molar-refractivity contribution is 0.101. The van der Waals surface area contributed by atoms with Gasteiger partial charge in [-0.2, -0.15) is 0 Å². The standard InChI is InChI=1S/C5H6N2OS/c1-3(8)5-7-2-4(6)9-5/h2H,6H2,1H3. The van der Waals surface area contributed by atoms with E-state index in [4.69, 9.17) is 5.73 Å². The fraction of sp³-hybridized carbons (Fsp3) is 0.200. The number of hydrogen-bond donors (Lipinski definition) is 1. The SMILES string of the molecule is CC(=O)c1ncc(N)s1. The van der Waals surface area contributed by atoms with Gasteiger partial charge in [-0.15, -0.1) is 0 Å². The molecule has 0 aliphatic rings. The zero-order chi connectivity index (χ0) is 6.85. The Balaban J connectivity index is 2.98. The lowest BCUT2D eigenvalue weighted by atomic mass is 10.5. The first-order valence-electron chi connectivity index (χ1n) is 2.42. The predicted octanol–water partition coefficient (Wildman–Crippen LogP) is 0.928. The number of hydrogen-bond acceptors (Lipinski definition) is 4. The first-order chi connectivity index (χ1) is 4.20. The van der Waals surface area contributed by atoms with Gasteiger partial charge in [0.15, 0.2) is 10.8 Å². The molecule has 0 aromatic carbocycles. The molecule has 0 aliphatic heterocycles. The molecule has 0 atom stereocenters. The molecule has 0 unspecified atom stereocenters. The molecular weight excluding hydrogens is 136 g/mol. The zero-order valence-electron chi connectivity index (χ0n) is 4.92. The summed E-state index contributed by atoms with van der Waals surface area (Å²) < 4.78 is 0. The Morgan fingerprint density at radius 3 is 2.78 bits per heavy atom. The van der Waals surface area contributed by atoms with Crippen molar-refractivity contribution in [1.29, 1.82) is 0 Å². The summed E-state index contributed by atoms with van der Waals surface area (Å²) in [5.74, 6) is -0.0308. The average Bonchev–Trinajstić information content (AvgIpc) is 2.14. The van der Waals surface area contributed by atoms with Gasteiger partial charge in [0.05, 0.1) is 6.20 Å². The van der Waals surface area contributed by atoms with Gasteiger partial charge in [0.2, 0.25) is 0 Å². The molecule has 0 saturated heterocycles. The maximum absolute atomic E-state index is 10.6. The first-order valence-corrected chi connectivity index (χ1v) is 3.24. The smallest absolute Gasteiger partial charge is 0.188 e. The lowest BCUT2D eigenvalue weighted by Crippen LogP contribution is -1.87. The summed E-state index contributed by atoms with van der Waals surface area (Å²) in [5, 5.41) is 1.06. The highest BCUT2D eigenvalue weighted by Crippen LogP contribution is 2.13. The third-order valence-corrected chi connectivity index (χ3v) is 1.75. The van der Waals surface area contributed by atoms with E-state index >= 15 is 0 Å². The van der Waals surface area contributed by atoms with E-state index in [1.54, 1.807) is 0 Å². The molecule has 1 heterocycles. The summed E-state index contributed by atoms with van der Waals surface area (Å²) in [6, 6.07) is 0. The molecule has 0 aliphatic carbocycles. The second-order valence-corrected chi connectivity index (χ2v) is 2.69. The molecule has 0 amide bonds. The molecule has 0 bridgehead atoms. The van der Waals surface area contributed by atoms with Crippen molar-refractivity contribution < 1.29 is 4.79 Å². The third kappa shape index (κ3) is 1.26. The summed E-state index contributed by atoms with van der Waals surface area (Å²) in [6.45, 7) is 1.47. The normalized spacial score (nSPS) is 9.44. The number of aromatic nitrogens is 1. The molecule has 0 spiro atoms. The Hall–Kier alpha value is -0.900. The van der Waals surface area contributed by atoms with Gasteiger partial charge in [0, 0.05) is 6.92 Å². The van der Waals surface area contributed by atoms with E-state index in [0.29, 0.717) is 10.0 Å². The van der Waals surface area contributed by atoms with Crippen LogP contribution in [0.15, 0.2) is 6.20 Å². The van der Waals surface area contributed by atoms with Crippen LogP contribution in [-0.4, -0.2) is 10.8 Å².